The first-order chi connectivity index (χ1) is 8.90. The Bertz CT molecular complexity index is 499. The number of carbonyl (C=O) groups is 1. The molecule has 1 amide bonds. The summed E-state index contributed by atoms with van der Waals surface area (Å²) in [5.41, 5.74) is 2.72. The third kappa shape index (κ3) is 2.26. The van der Waals surface area contributed by atoms with Gasteiger partial charge in [-0.2, -0.15) is 5.06 Å². The van der Waals surface area contributed by atoms with Gasteiger partial charge in [-0.1, -0.05) is 19.1 Å². The van der Waals surface area contributed by atoms with E-state index in [1.54, 1.807) is 18.9 Å². The number of hydrogen-bond donors (Lipinski definition) is 1. The van der Waals surface area contributed by atoms with Crippen molar-refractivity contribution in [2.45, 2.75) is 39.2 Å². The van der Waals surface area contributed by atoms with E-state index in [2.05, 4.69) is 19.1 Å². The molecule has 2 rings (SSSR count). The van der Waals surface area contributed by atoms with Crippen LogP contribution in [0.5, 0.6) is 0 Å². The SMILES string of the molecule is CCc1ccc2c(c1)C(C)(N(C)O)CCN2C(C)=O. The summed E-state index contributed by atoms with van der Waals surface area (Å²) < 4.78 is 0. The van der Waals surface area contributed by atoms with Crippen LogP contribution in [0.1, 0.15) is 38.3 Å². The van der Waals surface area contributed by atoms with Gasteiger partial charge in [0.1, 0.15) is 0 Å². The Morgan fingerprint density at radius 2 is 2.21 bits per heavy atom. The summed E-state index contributed by atoms with van der Waals surface area (Å²) in [6.45, 7) is 6.34. The molecule has 0 bridgehead atoms. The molecule has 1 N–H and O–H groups in total. The van der Waals surface area contributed by atoms with Crippen molar-refractivity contribution in [1.82, 2.24) is 5.06 Å². The van der Waals surface area contributed by atoms with E-state index in [1.165, 1.54) is 10.6 Å². The third-order valence-electron chi connectivity index (χ3n) is 4.26. The molecule has 1 unspecified atom stereocenters. The normalized spacial score (nSPS) is 22.5. The van der Waals surface area contributed by atoms with Gasteiger partial charge in [0, 0.05) is 26.2 Å². The molecule has 1 aliphatic rings. The van der Waals surface area contributed by atoms with Gasteiger partial charge in [0.05, 0.1) is 5.54 Å². The number of carbonyl (C=O) groups excluding carboxylic acids is 1. The molecule has 4 nitrogen and oxygen atoms in total. The molecule has 0 aromatic heterocycles. The molecule has 4 heteroatoms. The molecule has 104 valence electrons. The first-order valence-corrected chi connectivity index (χ1v) is 6.74. The Labute approximate surface area is 114 Å². The minimum absolute atomic E-state index is 0.0492. The Hall–Kier alpha value is -1.39. The lowest BCUT2D eigenvalue weighted by Crippen LogP contribution is -2.48. The fourth-order valence-electron chi connectivity index (χ4n) is 2.72. The second kappa shape index (κ2) is 4.94. The Balaban J connectivity index is 2.60. The monoisotopic (exact) mass is 262 g/mol. The zero-order valence-electron chi connectivity index (χ0n) is 12.1. The highest BCUT2D eigenvalue weighted by Crippen LogP contribution is 2.41. The largest absolute Gasteiger partial charge is 0.313 e. The summed E-state index contributed by atoms with van der Waals surface area (Å²) in [4.78, 5) is 13.5. The van der Waals surface area contributed by atoms with Crippen molar-refractivity contribution in [2.75, 3.05) is 18.5 Å². The molecule has 0 saturated heterocycles. The van der Waals surface area contributed by atoms with Gasteiger partial charge >= 0.3 is 0 Å². The average molecular weight is 262 g/mol. The number of anilines is 1. The number of fused-ring (bicyclic) bond motifs is 1. The fourth-order valence-corrected chi connectivity index (χ4v) is 2.72. The molecule has 0 fully saturated rings. The predicted octanol–water partition coefficient (Wildman–Crippen LogP) is 2.54. The van der Waals surface area contributed by atoms with Crippen LogP contribution < -0.4 is 4.90 Å². The maximum absolute atomic E-state index is 11.7. The van der Waals surface area contributed by atoms with E-state index in [-0.39, 0.29) is 5.91 Å². The molecule has 0 spiro atoms. The fraction of sp³-hybridized carbons (Fsp3) is 0.533. The lowest BCUT2D eigenvalue weighted by atomic mass is 9.82. The molecule has 1 heterocycles. The summed E-state index contributed by atoms with van der Waals surface area (Å²) in [6, 6.07) is 6.16. The van der Waals surface area contributed by atoms with Crippen LogP contribution in [-0.2, 0) is 16.8 Å². The van der Waals surface area contributed by atoms with Gasteiger partial charge in [0.2, 0.25) is 5.91 Å². The van der Waals surface area contributed by atoms with E-state index in [9.17, 15) is 10.0 Å². The number of hydrogen-bond acceptors (Lipinski definition) is 3. The van der Waals surface area contributed by atoms with Crippen molar-refractivity contribution in [3.63, 3.8) is 0 Å². The van der Waals surface area contributed by atoms with E-state index in [4.69, 9.17) is 0 Å². The predicted molar refractivity (Wildman–Crippen MR) is 75.4 cm³/mol. The van der Waals surface area contributed by atoms with Crippen molar-refractivity contribution in [1.29, 1.82) is 0 Å². The lowest BCUT2D eigenvalue weighted by molar-refractivity contribution is -0.154. The van der Waals surface area contributed by atoms with Gasteiger partial charge < -0.3 is 10.1 Å². The summed E-state index contributed by atoms with van der Waals surface area (Å²) >= 11 is 0. The van der Waals surface area contributed by atoms with Crippen LogP contribution in [0, 0.1) is 0 Å². The second-order valence-corrected chi connectivity index (χ2v) is 5.42. The lowest BCUT2D eigenvalue weighted by Gasteiger charge is -2.43. The number of aryl methyl sites for hydroxylation is 1. The smallest absolute Gasteiger partial charge is 0.223 e. The first kappa shape index (κ1) is 14.0. The number of rotatable bonds is 2. The van der Waals surface area contributed by atoms with Crippen LogP contribution in [0.4, 0.5) is 5.69 Å². The van der Waals surface area contributed by atoms with E-state index in [0.717, 1.165) is 24.1 Å². The molecule has 0 aliphatic carbocycles. The number of benzene rings is 1. The summed E-state index contributed by atoms with van der Waals surface area (Å²) in [6.07, 6.45) is 1.67. The van der Waals surface area contributed by atoms with Crippen molar-refractivity contribution in [2.24, 2.45) is 0 Å². The van der Waals surface area contributed by atoms with Crippen molar-refractivity contribution in [3.05, 3.63) is 29.3 Å². The molecule has 1 aliphatic heterocycles. The standard InChI is InChI=1S/C15H22N2O2/c1-5-12-6-7-14-13(10-12)15(3,16(4)19)8-9-17(14)11(2)18/h6-7,10,19H,5,8-9H2,1-4H3. The molecule has 1 atom stereocenters. The highest BCUT2D eigenvalue weighted by molar-refractivity contribution is 5.93. The van der Waals surface area contributed by atoms with Crippen LogP contribution in [0.25, 0.3) is 0 Å². The Morgan fingerprint density at radius 3 is 2.74 bits per heavy atom. The minimum atomic E-state index is -0.438. The topological polar surface area (TPSA) is 43.8 Å². The molecule has 1 aromatic rings. The highest BCUT2D eigenvalue weighted by atomic mass is 16.5. The summed E-state index contributed by atoms with van der Waals surface area (Å²) in [5.74, 6) is 0.0492. The van der Waals surface area contributed by atoms with Crippen molar-refractivity contribution < 1.29 is 10.0 Å². The average Bonchev–Trinajstić information content (AvgIpc) is 2.38. The Kier molecular flexibility index (Phi) is 3.65. The van der Waals surface area contributed by atoms with Gasteiger partial charge in [-0.05, 0) is 37.0 Å². The van der Waals surface area contributed by atoms with Gasteiger partial charge in [-0.15, -0.1) is 0 Å². The third-order valence-corrected chi connectivity index (χ3v) is 4.26. The molecule has 0 radical (unpaired) electrons. The number of hydroxylamine groups is 2. The van der Waals surface area contributed by atoms with Crippen molar-refractivity contribution >= 4 is 11.6 Å². The first-order valence-electron chi connectivity index (χ1n) is 6.74. The van der Waals surface area contributed by atoms with Crippen LogP contribution in [0.15, 0.2) is 18.2 Å². The number of nitrogens with zero attached hydrogens (tertiary/aromatic N) is 2. The van der Waals surface area contributed by atoms with Crippen LogP contribution >= 0.6 is 0 Å². The summed E-state index contributed by atoms with van der Waals surface area (Å²) in [5, 5.41) is 11.3. The van der Waals surface area contributed by atoms with E-state index in [0.29, 0.717) is 6.54 Å². The maximum Gasteiger partial charge on any atom is 0.223 e. The van der Waals surface area contributed by atoms with Crippen LogP contribution in [0.3, 0.4) is 0 Å². The van der Waals surface area contributed by atoms with Gasteiger partial charge in [-0.3, -0.25) is 4.79 Å². The quantitative estimate of drug-likeness (QED) is 0.833. The van der Waals surface area contributed by atoms with Crippen molar-refractivity contribution in [3.8, 4) is 0 Å². The minimum Gasteiger partial charge on any atom is -0.313 e. The molecule has 1 aromatic carbocycles. The summed E-state index contributed by atoms with van der Waals surface area (Å²) in [7, 11) is 1.67. The Morgan fingerprint density at radius 1 is 1.53 bits per heavy atom. The molecule has 19 heavy (non-hydrogen) atoms. The van der Waals surface area contributed by atoms with E-state index in [1.807, 2.05) is 13.0 Å². The van der Waals surface area contributed by atoms with E-state index >= 15 is 0 Å². The highest BCUT2D eigenvalue weighted by Gasteiger charge is 2.39. The zero-order chi connectivity index (χ0) is 14.2. The molecular weight excluding hydrogens is 240 g/mol. The van der Waals surface area contributed by atoms with Crippen LogP contribution in [-0.4, -0.2) is 29.8 Å². The molecular formula is C15H22N2O2. The van der Waals surface area contributed by atoms with Gasteiger partial charge in [-0.25, -0.2) is 0 Å². The molecule has 0 saturated carbocycles. The van der Waals surface area contributed by atoms with Crippen LogP contribution in [0.2, 0.25) is 0 Å². The van der Waals surface area contributed by atoms with E-state index < -0.39 is 5.54 Å². The zero-order valence-corrected chi connectivity index (χ0v) is 12.1. The van der Waals surface area contributed by atoms with Gasteiger partial charge in [0.25, 0.3) is 0 Å². The second-order valence-electron chi connectivity index (χ2n) is 5.42. The number of amides is 1. The maximum atomic E-state index is 11.7. The van der Waals surface area contributed by atoms with Gasteiger partial charge in [0.15, 0.2) is 0 Å².